The monoisotopic (exact) mass is 583 g/mol. The fraction of sp³-hybridized carbons (Fsp3) is 0.103. The third kappa shape index (κ3) is 6.41. The van der Waals surface area contributed by atoms with E-state index < -0.39 is 5.91 Å². The second-order valence-electron chi connectivity index (χ2n) is 8.82. The van der Waals surface area contributed by atoms with Crippen molar-refractivity contribution in [3.63, 3.8) is 0 Å². The van der Waals surface area contributed by atoms with Crippen molar-refractivity contribution in [2.45, 2.75) is 12.8 Å². The topological polar surface area (TPSA) is 157 Å². The molecule has 0 radical (unpaired) electrons. The van der Waals surface area contributed by atoms with Crippen molar-refractivity contribution < 1.29 is 14.7 Å². The molecule has 0 aliphatic rings. The molecule has 10 nitrogen and oxygen atoms in total. The van der Waals surface area contributed by atoms with Crippen LogP contribution in [0.1, 0.15) is 38.0 Å². The maximum atomic E-state index is 12.9. The summed E-state index contributed by atoms with van der Waals surface area (Å²) < 4.78 is 0. The minimum absolute atomic E-state index is 0.0117. The lowest BCUT2D eigenvalue weighted by Crippen LogP contribution is -2.24. The van der Waals surface area contributed by atoms with Crippen LogP contribution < -0.4 is 10.6 Å². The summed E-state index contributed by atoms with van der Waals surface area (Å²) in [7, 11) is 0. The number of hydrogen-bond donors (Lipinski definition) is 4. The van der Waals surface area contributed by atoms with Gasteiger partial charge in [-0.15, -0.1) is 11.3 Å². The number of hydrogen-bond acceptors (Lipinski definition) is 8. The molecule has 204 valence electrons. The molecule has 0 unspecified atom stereocenters. The zero-order chi connectivity index (χ0) is 28.8. The van der Waals surface area contributed by atoms with Gasteiger partial charge < -0.3 is 20.7 Å². The summed E-state index contributed by atoms with van der Waals surface area (Å²) in [6.07, 6.45) is 6.34. The van der Waals surface area contributed by atoms with Crippen LogP contribution in [-0.2, 0) is 6.42 Å². The van der Waals surface area contributed by atoms with Crippen molar-refractivity contribution in [1.29, 1.82) is 5.26 Å². The number of anilines is 1. The number of thiazole rings is 1. The zero-order valence-electron chi connectivity index (χ0n) is 21.4. The number of phenols is 1. The first-order chi connectivity index (χ1) is 19.9. The number of rotatable bonds is 9. The van der Waals surface area contributed by atoms with Gasteiger partial charge in [0, 0.05) is 58.6 Å². The van der Waals surface area contributed by atoms with Gasteiger partial charge >= 0.3 is 0 Å². The number of carbonyl (C=O) groups is 2. The van der Waals surface area contributed by atoms with Crippen molar-refractivity contribution in [2.75, 3.05) is 11.9 Å². The second kappa shape index (κ2) is 12.4. The van der Waals surface area contributed by atoms with Gasteiger partial charge in [0.05, 0.1) is 5.69 Å². The second-order valence-corrected chi connectivity index (χ2v) is 10.2. The first kappa shape index (κ1) is 27.5. The predicted octanol–water partition coefficient (Wildman–Crippen LogP) is 5.44. The highest BCUT2D eigenvalue weighted by Gasteiger charge is 2.21. The van der Waals surface area contributed by atoms with Crippen molar-refractivity contribution in [2.24, 2.45) is 0 Å². The van der Waals surface area contributed by atoms with Crippen LogP contribution in [0.15, 0.2) is 72.5 Å². The largest absolute Gasteiger partial charge is 0.507 e. The summed E-state index contributed by atoms with van der Waals surface area (Å²) in [5.74, 6) is -0.0899. The van der Waals surface area contributed by atoms with Gasteiger partial charge in [-0.2, -0.15) is 5.26 Å². The highest BCUT2D eigenvalue weighted by atomic mass is 35.5. The Hall–Kier alpha value is -5.05. The lowest BCUT2D eigenvalue weighted by Gasteiger charge is -2.14. The van der Waals surface area contributed by atoms with E-state index in [1.165, 1.54) is 12.3 Å². The molecule has 5 rings (SSSR count). The number of carbonyl (C=O) groups excluding carboxylic acids is 2. The van der Waals surface area contributed by atoms with Crippen LogP contribution in [0.3, 0.4) is 0 Å². The van der Waals surface area contributed by atoms with Gasteiger partial charge in [-0.3, -0.25) is 9.59 Å². The highest BCUT2D eigenvalue weighted by molar-refractivity contribution is 7.11. The lowest BCUT2D eigenvalue weighted by atomic mass is 9.96. The maximum Gasteiger partial charge on any atom is 0.285 e. The number of phenolic OH excluding ortho intramolecular Hbond substituents is 1. The molecule has 5 aromatic rings. The molecule has 3 heterocycles. The number of nitrogens with zero attached hydrogens (tertiary/aromatic N) is 4. The third-order valence-corrected chi connectivity index (χ3v) is 7.10. The summed E-state index contributed by atoms with van der Waals surface area (Å²) in [5.41, 5.74) is 2.07. The van der Waals surface area contributed by atoms with Crippen LogP contribution in [0, 0.1) is 11.3 Å². The lowest BCUT2D eigenvalue weighted by molar-refractivity contribution is 0.0952. The van der Waals surface area contributed by atoms with Crippen molar-refractivity contribution in [3.05, 3.63) is 99.5 Å². The first-order valence-corrected chi connectivity index (χ1v) is 13.7. The molecule has 41 heavy (non-hydrogen) atoms. The maximum absolute atomic E-state index is 12.9. The number of nitriles is 1. The van der Waals surface area contributed by atoms with Gasteiger partial charge in [0.2, 0.25) is 0 Å². The smallest absolute Gasteiger partial charge is 0.285 e. The molecule has 12 heteroatoms. The van der Waals surface area contributed by atoms with E-state index in [9.17, 15) is 20.0 Å². The number of nitrogens with one attached hydrogen (secondary N) is 3. The van der Waals surface area contributed by atoms with Crippen molar-refractivity contribution in [1.82, 2.24) is 25.3 Å². The minimum atomic E-state index is -0.532. The van der Waals surface area contributed by atoms with Crippen LogP contribution >= 0.6 is 22.9 Å². The van der Waals surface area contributed by atoms with Gasteiger partial charge in [-0.1, -0.05) is 23.7 Å². The molecule has 4 N–H and O–H groups in total. The Morgan fingerprint density at radius 3 is 2.68 bits per heavy atom. The Morgan fingerprint density at radius 1 is 1.07 bits per heavy atom. The Labute approximate surface area is 243 Å². The van der Waals surface area contributed by atoms with E-state index in [0.29, 0.717) is 46.7 Å². The molecular formula is C29H22ClN7O3S. The molecule has 0 aliphatic heterocycles. The van der Waals surface area contributed by atoms with E-state index in [1.54, 1.807) is 60.2 Å². The third-order valence-electron chi connectivity index (χ3n) is 6.09. The number of pyridine rings is 1. The number of aromatic nitrogens is 4. The Kier molecular flexibility index (Phi) is 8.34. The number of amides is 2. The average molecular weight is 584 g/mol. The first-order valence-electron chi connectivity index (χ1n) is 12.4. The molecular weight excluding hydrogens is 562 g/mol. The van der Waals surface area contributed by atoms with E-state index in [-0.39, 0.29) is 33.7 Å². The van der Waals surface area contributed by atoms with Crippen LogP contribution in [0.5, 0.6) is 5.75 Å². The SMILES string of the molecule is N#Cc1c(-c2cccc(C(=O)NCCCc3ncc[nH]3)c2)cc(-c2ccc(Cl)cc2O)nc1NC(=O)c1nccs1. The van der Waals surface area contributed by atoms with Crippen LogP contribution in [-0.4, -0.2) is 43.4 Å². The zero-order valence-corrected chi connectivity index (χ0v) is 23.0. The molecule has 0 saturated heterocycles. The number of aromatic hydroxyl groups is 1. The summed E-state index contributed by atoms with van der Waals surface area (Å²) in [4.78, 5) is 41.5. The highest BCUT2D eigenvalue weighted by Crippen LogP contribution is 2.37. The number of aromatic amines is 1. The molecule has 0 aliphatic carbocycles. The Balaban J connectivity index is 1.49. The minimum Gasteiger partial charge on any atom is -0.507 e. The van der Waals surface area contributed by atoms with Gasteiger partial charge in [0.1, 0.15) is 23.2 Å². The molecule has 0 fully saturated rings. The Morgan fingerprint density at radius 2 is 1.95 bits per heavy atom. The summed E-state index contributed by atoms with van der Waals surface area (Å²) in [6.45, 7) is 0.454. The number of imidazole rings is 1. The molecule has 0 spiro atoms. The fourth-order valence-corrected chi connectivity index (χ4v) is 4.85. The van der Waals surface area contributed by atoms with Crippen LogP contribution in [0.2, 0.25) is 5.02 Å². The van der Waals surface area contributed by atoms with E-state index in [4.69, 9.17) is 11.6 Å². The van der Waals surface area contributed by atoms with E-state index >= 15 is 0 Å². The van der Waals surface area contributed by atoms with E-state index in [2.05, 4.69) is 36.6 Å². The van der Waals surface area contributed by atoms with Gasteiger partial charge in [-0.25, -0.2) is 15.0 Å². The van der Waals surface area contributed by atoms with Gasteiger partial charge in [0.15, 0.2) is 10.8 Å². The van der Waals surface area contributed by atoms with Gasteiger partial charge in [0.25, 0.3) is 11.8 Å². The van der Waals surface area contributed by atoms with Crippen LogP contribution in [0.4, 0.5) is 5.82 Å². The number of aryl methyl sites for hydroxylation is 1. The summed E-state index contributed by atoms with van der Waals surface area (Å²) >= 11 is 7.17. The number of H-pyrrole nitrogens is 1. The molecule has 3 aromatic heterocycles. The summed E-state index contributed by atoms with van der Waals surface area (Å²) in [6, 6.07) is 15.1. The number of halogens is 1. The van der Waals surface area contributed by atoms with Crippen molar-refractivity contribution >= 4 is 40.6 Å². The predicted molar refractivity (Wildman–Crippen MR) is 156 cm³/mol. The quantitative estimate of drug-likeness (QED) is 0.168. The molecule has 0 atom stereocenters. The van der Waals surface area contributed by atoms with Crippen molar-refractivity contribution in [3.8, 4) is 34.2 Å². The fourth-order valence-electron chi connectivity index (χ4n) is 4.15. The number of benzene rings is 2. The standard InChI is InChI=1S/C29H22ClN7O3S/c30-19-6-7-20(24(38)14-19)23-15-21(22(16-31)26(36-23)37-28(40)29-35-11-12-41-29)17-3-1-4-18(13-17)27(39)34-8-2-5-25-32-9-10-33-25/h1,3-4,6-7,9-15,38H,2,5,8H2,(H,32,33)(H,34,39)(H,36,37,40). The summed E-state index contributed by atoms with van der Waals surface area (Å²) in [5, 5.41) is 28.5. The molecule has 2 amide bonds. The normalized spacial score (nSPS) is 10.6. The molecule has 0 bridgehead atoms. The molecule has 0 saturated carbocycles. The average Bonchev–Trinajstić information content (AvgIpc) is 3.70. The Bertz CT molecular complexity index is 1750. The van der Waals surface area contributed by atoms with Gasteiger partial charge in [-0.05, 0) is 48.4 Å². The molecule has 2 aromatic carbocycles. The van der Waals surface area contributed by atoms with E-state index in [0.717, 1.165) is 17.2 Å². The van der Waals surface area contributed by atoms with Crippen LogP contribution in [0.25, 0.3) is 22.4 Å². The van der Waals surface area contributed by atoms with E-state index in [1.807, 2.05) is 0 Å².